The summed E-state index contributed by atoms with van der Waals surface area (Å²) in [6.45, 7) is 5.04. The molecule has 3 heteroatoms. The van der Waals surface area contributed by atoms with Crippen LogP contribution in [0.15, 0.2) is 46.9 Å². The summed E-state index contributed by atoms with van der Waals surface area (Å²) in [4.78, 5) is 2.19. The van der Waals surface area contributed by atoms with Crippen molar-refractivity contribution in [1.82, 2.24) is 0 Å². The second-order valence-electron chi connectivity index (χ2n) is 4.39. The molecule has 0 spiro atoms. The lowest BCUT2D eigenvalue weighted by Crippen LogP contribution is -2.16. The third kappa shape index (κ3) is 3.15. The number of nitriles is 1. The van der Waals surface area contributed by atoms with E-state index in [1.54, 1.807) is 0 Å². The SMILES string of the molecule is CCN(c1cccc(C)c1)c1cc(Br)cc(C#N)c1. The maximum atomic E-state index is 9.07. The number of rotatable bonds is 3. The van der Waals surface area contributed by atoms with Gasteiger partial charge in [-0.05, 0) is 49.7 Å². The van der Waals surface area contributed by atoms with Gasteiger partial charge in [-0.2, -0.15) is 5.26 Å². The minimum atomic E-state index is 0.662. The fourth-order valence-corrected chi connectivity index (χ4v) is 2.59. The lowest BCUT2D eigenvalue weighted by atomic mass is 10.1. The molecule has 0 N–H and O–H groups in total. The van der Waals surface area contributed by atoms with Crippen molar-refractivity contribution in [1.29, 1.82) is 5.26 Å². The molecule has 0 amide bonds. The second-order valence-corrected chi connectivity index (χ2v) is 5.31. The van der Waals surface area contributed by atoms with E-state index in [0.717, 1.165) is 22.4 Å². The molecule has 0 radical (unpaired) electrons. The van der Waals surface area contributed by atoms with Crippen LogP contribution in [0.4, 0.5) is 11.4 Å². The third-order valence-electron chi connectivity index (χ3n) is 2.95. The Morgan fingerprint density at radius 2 is 1.95 bits per heavy atom. The fraction of sp³-hybridized carbons (Fsp3) is 0.188. The highest BCUT2D eigenvalue weighted by molar-refractivity contribution is 9.10. The van der Waals surface area contributed by atoms with Crippen molar-refractivity contribution >= 4 is 27.3 Å². The van der Waals surface area contributed by atoms with Crippen molar-refractivity contribution in [3.63, 3.8) is 0 Å². The van der Waals surface area contributed by atoms with Crippen LogP contribution in [0.3, 0.4) is 0 Å². The van der Waals surface area contributed by atoms with E-state index in [1.165, 1.54) is 5.56 Å². The topological polar surface area (TPSA) is 27.0 Å². The molecule has 0 saturated heterocycles. The molecule has 19 heavy (non-hydrogen) atoms. The minimum absolute atomic E-state index is 0.662. The Morgan fingerprint density at radius 3 is 2.58 bits per heavy atom. The van der Waals surface area contributed by atoms with Gasteiger partial charge < -0.3 is 4.90 Å². The Bertz CT molecular complexity index is 629. The van der Waals surface area contributed by atoms with Gasteiger partial charge in [0.1, 0.15) is 0 Å². The summed E-state index contributed by atoms with van der Waals surface area (Å²) < 4.78 is 0.924. The first kappa shape index (κ1) is 13.6. The number of benzene rings is 2. The van der Waals surface area contributed by atoms with E-state index in [9.17, 15) is 0 Å². The van der Waals surface area contributed by atoms with Crippen molar-refractivity contribution in [2.24, 2.45) is 0 Å². The number of hydrogen-bond acceptors (Lipinski definition) is 2. The van der Waals surface area contributed by atoms with Crippen LogP contribution in [0.25, 0.3) is 0 Å². The van der Waals surface area contributed by atoms with Crippen LogP contribution in [0.5, 0.6) is 0 Å². The van der Waals surface area contributed by atoms with Gasteiger partial charge >= 0.3 is 0 Å². The number of nitrogens with zero attached hydrogens (tertiary/aromatic N) is 2. The molecule has 0 unspecified atom stereocenters. The number of aryl methyl sites for hydroxylation is 1. The minimum Gasteiger partial charge on any atom is -0.342 e. The highest BCUT2D eigenvalue weighted by atomic mass is 79.9. The zero-order valence-electron chi connectivity index (χ0n) is 11.0. The molecule has 2 nitrogen and oxygen atoms in total. The van der Waals surface area contributed by atoms with Crippen LogP contribution in [0.2, 0.25) is 0 Å². The normalized spacial score (nSPS) is 10.0. The average Bonchev–Trinajstić information content (AvgIpc) is 2.39. The third-order valence-corrected chi connectivity index (χ3v) is 3.41. The summed E-state index contributed by atoms with van der Waals surface area (Å²) in [6, 6.07) is 16.3. The van der Waals surface area contributed by atoms with Crippen LogP contribution in [0, 0.1) is 18.3 Å². The molecule has 0 fully saturated rings. The van der Waals surface area contributed by atoms with Gasteiger partial charge in [-0.1, -0.05) is 28.1 Å². The van der Waals surface area contributed by atoms with Gasteiger partial charge in [-0.25, -0.2) is 0 Å². The van der Waals surface area contributed by atoms with E-state index in [4.69, 9.17) is 5.26 Å². The van der Waals surface area contributed by atoms with Crippen LogP contribution in [0.1, 0.15) is 18.1 Å². The first-order valence-electron chi connectivity index (χ1n) is 6.19. The first-order chi connectivity index (χ1) is 9.13. The molecule has 2 aromatic carbocycles. The molecule has 2 aromatic rings. The molecule has 0 aliphatic heterocycles. The van der Waals surface area contributed by atoms with Gasteiger partial charge in [0, 0.05) is 22.4 Å². The predicted molar refractivity (Wildman–Crippen MR) is 82.7 cm³/mol. The number of hydrogen-bond donors (Lipinski definition) is 0. The average molecular weight is 315 g/mol. The smallest absolute Gasteiger partial charge is 0.0992 e. The van der Waals surface area contributed by atoms with Crippen LogP contribution < -0.4 is 4.90 Å². The van der Waals surface area contributed by atoms with Gasteiger partial charge in [0.05, 0.1) is 11.6 Å². The molecular weight excluding hydrogens is 300 g/mol. The highest BCUT2D eigenvalue weighted by Gasteiger charge is 2.09. The maximum absolute atomic E-state index is 9.07. The van der Waals surface area contributed by atoms with Crippen molar-refractivity contribution in [3.8, 4) is 6.07 Å². The van der Waals surface area contributed by atoms with Crippen LogP contribution in [-0.2, 0) is 0 Å². The van der Waals surface area contributed by atoms with Gasteiger partial charge in [-0.3, -0.25) is 0 Å². The largest absolute Gasteiger partial charge is 0.342 e. The summed E-state index contributed by atoms with van der Waals surface area (Å²) in [6.07, 6.45) is 0. The summed E-state index contributed by atoms with van der Waals surface area (Å²) in [5.74, 6) is 0. The molecule has 0 heterocycles. The molecule has 0 bridgehead atoms. The fourth-order valence-electron chi connectivity index (χ4n) is 2.10. The van der Waals surface area contributed by atoms with E-state index in [0.29, 0.717) is 5.56 Å². The van der Waals surface area contributed by atoms with Crippen LogP contribution >= 0.6 is 15.9 Å². The number of halogens is 1. The van der Waals surface area contributed by atoms with Crippen molar-refractivity contribution in [2.45, 2.75) is 13.8 Å². The Kier molecular flexibility index (Phi) is 4.24. The molecule has 0 atom stereocenters. The lowest BCUT2D eigenvalue weighted by Gasteiger charge is -2.24. The molecule has 96 valence electrons. The molecule has 0 aliphatic carbocycles. The van der Waals surface area contributed by atoms with Gasteiger partial charge in [0.15, 0.2) is 0 Å². The zero-order chi connectivity index (χ0) is 13.8. The van der Waals surface area contributed by atoms with Crippen LogP contribution in [-0.4, -0.2) is 6.54 Å². The van der Waals surface area contributed by atoms with Gasteiger partial charge in [0.2, 0.25) is 0 Å². The van der Waals surface area contributed by atoms with Gasteiger partial charge in [-0.15, -0.1) is 0 Å². The Hall–Kier alpha value is -1.79. The van der Waals surface area contributed by atoms with E-state index in [2.05, 4.69) is 65.0 Å². The summed E-state index contributed by atoms with van der Waals surface area (Å²) in [5, 5.41) is 9.07. The van der Waals surface area contributed by atoms with E-state index >= 15 is 0 Å². The Morgan fingerprint density at radius 1 is 1.16 bits per heavy atom. The van der Waals surface area contributed by atoms with Crippen molar-refractivity contribution in [3.05, 3.63) is 58.1 Å². The standard InChI is InChI=1S/C16H15BrN2/c1-3-19(15-6-4-5-12(2)7-15)16-9-13(11-18)8-14(17)10-16/h4-10H,3H2,1-2H3. The molecular formula is C16H15BrN2. The number of anilines is 2. The van der Waals surface area contributed by atoms with E-state index in [-0.39, 0.29) is 0 Å². The van der Waals surface area contributed by atoms with E-state index in [1.807, 2.05) is 18.2 Å². The zero-order valence-corrected chi connectivity index (χ0v) is 12.6. The Labute approximate surface area is 122 Å². The molecule has 2 rings (SSSR count). The van der Waals surface area contributed by atoms with Gasteiger partial charge in [0.25, 0.3) is 0 Å². The predicted octanol–water partition coefficient (Wildman–Crippen LogP) is 4.79. The van der Waals surface area contributed by atoms with E-state index < -0.39 is 0 Å². The molecule has 0 aromatic heterocycles. The quantitative estimate of drug-likeness (QED) is 0.814. The summed E-state index contributed by atoms with van der Waals surface area (Å²) in [5.41, 5.74) is 4.06. The summed E-state index contributed by atoms with van der Waals surface area (Å²) >= 11 is 3.46. The molecule has 0 saturated carbocycles. The van der Waals surface area contributed by atoms with Crippen molar-refractivity contribution in [2.75, 3.05) is 11.4 Å². The maximum Gasteiger partial charge on any atom is 0.0992 e. The lowest BCUT2D eigenvalue weighted by molar-refractivity contribution is 1.02. The monoisotopic (exact) mass is 314 g/mol. The molecule has 0 aliphatic rings. The summed E-state index contributed by atoms with van der Waals surface area (Å²) in [7, 11) is 0. The Balaban J connectivity index is 2.48. The second kappa shape index (κ2) is 5.90. The first-order valence-corrected chi connectivity index (χ1v) is 6.98. The van der Waals surface area contributed by atoms with Crippen molar-refractivity contribution < 1.29 is 0 Å². The highest BCUT2D eigenvalue weighted by Crippen LogP contribution is 2.29.